The molecule has 2 aliphatic rings. The molecule has 0 aliphatic heterocycles. The van der Waals surface area contributed by atoms with Crippen molar-refractivity contribution in [2.75, 3.05) is 7.11 Å². The van der Waals surface area contributed by atoms with Gasteiger partial charge >= 0.3 is 0 Å². The minimum absolute atomic E-state index is 0.0448. The number of methoxy groups -OCH3 is 1. The molecule has 0 spiro atoms. The highest BCUT2D eigenvalue weighted by atomic mass is 16.5. The molecular weight excluding hydrogens is 184 g/mol. The third-order valence-electron chi connectivity index (χ3n) is 3.57. The normalized spacial score (nSPS) is 38.1. The predicted octanol–water partition coefficient (Wildman–Crippen LogP) is 3.37. The van der Waals surface area contributed by atoms with Crippen molar-refractivity contribution in [3.05, 3.63) is 42.0 Å². The Morgan fingerprint density at radius 2 is 2.07 bits per heavy atom. The van der Waals surface area contributed by atoms with E-state index in [9.17, 15) is 0 Å². The lowest BCUT2D eigenvalue weighted by Crippen LogP contribution is -2.04. The van der Waals surface area contributed by atoms with Gasteiger partial charge in [0, 0.05) is 1.37 Å². The van der Waals surface area contributed by atoms with Crippen molar-refractivity contribution in [1.29, 1.82) is 0 Å². The van der Waals surface area contributed by atoms with E-state index in [1.165, 1.54) is 12.0 Å². The first-order chi connectivity index (χ1) is 7.79. The molecule has 1 aromatic rings. The maximum Gasteiger partial charge on any atom is 0.118 e. The predicted molar refractivity (Wildman–Crippen MR) is 61.1 cm³/mol. The highest BCUT2D eigenvalue weighted by molar-refractivity contribution is 5.32. The van der Waals surface area contributed by atoms with E-state index in [0.29, 0.717) is 17.8 Å². The second-order valence-corrected chi connectivity index (χ2v) is 4.44. The molecule has 0 N–H and O–H groups in total. The van der Waals surface area contributed by atoms with Crippen LogP contribution in [-0.4, -0.2) is 7.11 Å². The summed E-state index contributed by atoms with van der Waals surface area (Å²) >= 11 is 0. The molecule has 1 fully saturated rings. The van der Waals surface area contributed by atoms with Gasteiger partial charge in [0.15, 0.2) is 0 Å². The first-order valence-electron chi connectivity index (χ1n) is 6.12. The van der Waals surface area contributed by atoms with Gasteiger partial charge in [0.25, 0.3) is 0 Å². The number of hydrogen-bond donors (Lipinski definition) is 0. The van der Waals surface area contributed by atoms with Crippen molar-refractivity contribution >= 4 is 0 Å². The minimum Gasteiger partial charge on any atom is -0.497 e. The Kier molecular flexibility index (Phi) is 1.81. The van der Waals surface area contributed by atoms with Crippen molar-refractivity contribution in [3.63, 3.8) is 0 Å². The molecule has 0 amide bonds. The fourth-order valence-electron chi connectivity index (χ4n) is 2.76. The van der Waals surface area contributed by atoms with Crippen LogP contribution in [0.15, 0.2) is 36.4 Å². The molecule has 3 rings (SSSR count). The number of benzene rings is 1. The summed E-state index contributed by atoms with van der Waals surface area (Å²) in [7, 11) is 1.68. The topological polar surface area (TPSA) is 9.23 Å². The van der Waals surface area contributed by atoms with Crippen LogP contribution in [0.25, 0.3) is 0 Å². The summed E-state index contributed by atoms with van der Waals surface area (Å²) in [5.74, 6) is 2.35. The lowest BCUT2D eigenvalue weighted by molar-refractivity contribution is 0.414. The molecule has 1 unspecified atom stereocenters. The number of allylic oxidation sites excluding steroid dienone is 2. The molecule has 0 aromatic heterocycles. The quantitative estimate of drug-likeness (QED) is 0.666. The molecule has 78 valence electrons. The fraction of sp³-hybridized carbons (Fsp3) is 0.429. The summed E-state index contributed by atoms with van der Waals surface area (Å²) in [6.45, 7) is 0. The van der Waals surface area contributed by atoms with Crippen LogP contribution >= 0.6 is 0 Å². The Bertz CT molecular complexity index is 409. The van der Waals surface area contributed by atoms with Crippen molar-refractivity contribution < 1.29 is 6.11 Å². The molecule has 0 radical (unpaired) electrons. The van der Waals surface area contributed by atoms with E-state index in [1.54, 1.807) is 7.11 Å². The van der Waals surface area contributed by atoms with E-state index in [4.69, 9.17) is 6.11 Å². The lowest BCUT2D eigenvalue weighted by Gasteiger charge is -2.18. The van der Waals surface area contributed by atoms with E-state index < -0.39 is 0 Å². The maximum atomic E-state index is 8.23. The number of rotatable bonds is 2. The highest BCUT2D eigenvalue weighted by Crippen LogP contribution is 2.48. The average molecular weight is 201 g/mol. The van der Waals surface area contributed by atoms with Gasteiger partial charge < -0.3 is 4.74 Å². The number of hydrogen-bond acceptors (Lipinski definition) is 1. The van der Waals surface area contributed by atoms with Gasteiger partial charge in [0.2, 0.25) is 0 Å². The van der Waals surface area contributed by atoms with E-state index >= 15 is 0 Å². The zero-order valence-electron chi connectivity index (χ0n) is 9.89. The highest BCUT2D eigenvalue weighted by Gasteiger charge is 2.36. The zero-order chi connectivity index (χ0) is 11.1. The standard InChI is InChI=1S/C14H16O/c1-15-13-6-4-11(5-7-13)14-9-10-2-3-12(14)8-10/h2-7,10,12,14H,8-9H2,1H3/t10-,12+,14+/m0/s1/i9D/t9?,10-,12+,14+. The van der Waals surface area contributed by atoms with E-state index in [2.05, 4.69) is 24.3 Å². The SMILES string of the molecule is [2H]C1[C@H]2C=C[C@H](C2)[C@H]1c1ccc(OC)cc1. The van der Waals surface area contributed by atoms with Crippen LogP contribution in [-0.2, 0) is 0 Å². The maximum absolute atomic E-state index is 8.23. The molecule has 1 saturated carbocycles. The van der Waals surface area contributed by atoms with Gasteiger partial charge in [0.1, 0.15) is 5.75 Å². The average Bonchev–Trinajstić information content (AvgIpc) is 2.90. The molecule has 2 bridgehead atoms. The summed E-state index contributed by atoms with van der Waals surface area (Å²) in [6.07, 6.45) is 5.74. The third kappa shape index (κ3) is 1.46. The van der Waals surface area contributed by atoms with Crippen LogP contribution in [0.1, 0.15) is 25.7 Å². The Labute approximate surface area is 92.2 Å². The largest absolute Gasteiger partial charge is 0.497 e. The minimum atomic E-state index is 0.0448. The van der Waals surface area contributed by atoms with Crippen LogP contribution in [0.5, 0.6) is 5.75 Å². The van der Waals surface area contributed by atoms with Crippen LogP contribution in [0.2, 0.25) is 0 Å². The van der Waals surface area contributed by atoms with Crippen LogP contribution in [0.4, 0.5) is 0 Å². The van der Waals surface area contributed by atoms with Crippen molar-refractivity contribution in [3.8, 4) is 5.75 Å². The summed E-state index contributed by atoms with van der Waals surface area (Å²) in [4.78, 5) is 0. The fourth-order valence-corrected chi connectivity index (χ4v) is 2.76. The zero-order valence-corrected chi connectivity index (χ0v) is 8.89. The van der Waals surface area contributed by atoms with E-state index in [1.807, 2.05) is 12.1 Å². The Morgan fingerprint density at radius 1 is 1.27 bits per heavy atom. The van der Waals surface area contributed by atoms with Gasteiger partial charge in [-0.05, 0) is 48.3 Å². The monoisotopic (exact) mass is 201 g/mol. The van der Waals surface area contributed by atoms with Gasteiger partial charge in [-0.25, -0.2) is 0 Å². The third-order valence-corrected chi connectivity index (χ3v) is 3.57. The second kappa shape index (κ2) is 3.41. The molecule has 1 nitrogen and oxygen atoms in total. The van der Waals surface area contributed by atoms with E-state index in [-0.39, 0.29) is 6.40 Å². The van der Waals surface area contributed by atoms with Gasteiger partial charge in [-0.15, -0.1) is 0 Å². The first-order valence-corrected chi connectivity index (χ1v) is 5.54. The van der Waals surface area contributed by atoms with Crippen molar-refractivity contribution in [2.24, 2.45) is 11.8 Å². The Balaban J connectivity index is 1.89. The first kappa shape index (κ1) is 7.98. The smallest absolute Gasteiger partial charge is 0.118 e. The molecule has 1 heteroatoms. The van der Waals surface area contributed by atoms with Gasteiger partial charge in [-0.2, -0.15) is 0 Å². The summed E-state index contributed by atoms with van der Waals surface area (Å²) in [6, 6.07) is 8.22. The summed E-state index contributed by atoms with van der Waals surface area (Å²) < 4.78 is 13.4. The van der Waals surface area contributed by atoms with Gasteiger partial charge in [-0.1, -0.05) is 24.3 Å². The number of fused-ring (bicyclic) bond motifs is 2. The Morgan fingerprint density at radius 3 is 2.67 bits per heavy atom. The molecule has 0 heterocycles. The van der Waals surface area contributed by atoms with Crippen LogP contribution < -0.4 is 4.74 Å². The van der Waals surface area contributed by atoms with Crippen LogP contribution in [0, 0.1) is 11.8 Å². The van der Waals surface area contributed by atoms with Crippen LogP contribution in [0.3, 0.4) is 0 Å². The van der Waals surface area contributed by atoms with Crippen molar-refractivity contribution in [1.82, 2.24) is 0 Å². The molecule has 2 aliphatic carbocycles. The molecule has 1 aromatic carbocycles. The van der Waals surface area contributed by atoms with Crippen molar-refractivity contribution in [2.45, 2.75) is 18.7 Å². The number of ether oxygens (including phenoxy) is 1. The van der Waals surface area contributed by atoms with Gasteiger partial charge in [0.05, 0.1) is 7.11 Å². The lowest BCUT2D eigenvalue weighted by atomic mass is 9.87. The molecule has 15 heavy (non-hydrogen) atoms. The summed E-state index contributed by atoms with van der Waals surface area (Å²) in [5, 5.41) is 0. The van der Waals surface area contributed by atoms with E-state index in [0.717, 1.165) is 5.75 Å². The molecule has 0 saturated heterocycles. The molecule has 4 atom stereocenters. The summed E-state index contributed by atoms with van der Waals surface area (Å²) in [5.41, 5.74) is 1.29. The van der Waals surface area contributed by atoms with Gasteiger partial charge in [-0.3, -0.25) is 0 Å². The molecular formula is C14H16O. The Hall–Kier alpha value is -1.24. The second-order valence-electron chi connectivity index (χ2n) is 4.44.